The van der Waals surface area contributed by atoms with Crippen LogP contribution in [-0.2, 0) is 4.79 Å². The van der Waals surface area contributed by atoms with Crippen LogP contribution in [-0.4, -0.2) is 83.1 Å². The molecule has 3 heterocycles. The fraction of sp³-hybridized carbons (Fsp3) is 0.318. The van der Waals surface area contributed by atoms with Crippen LogP contribution in [0.1, 0.15) is 10.5 Å². The number of benzene rings is 1. The Labute approximate surface area is 185 Å². The molecule has 0 aliphatic carbocycles. The Morgan fingerprint density at radius 3 is 2.45 bits per heavy atom. The van der Waals surface area contributed by atoms with E-state index in [0.717, 1.165) is 5.69 Å². The number of aromatic nitrogens is 2. The molecule has 4 rings (SSSR count). The van der Waals surface area contributed by atoms with E-state index in [1.165, 1.54) is 0 Å². The highest BCUT2D eigenvalue weighted by atomic mass is 35.5. The minimum atomic E-state index is -0.173. The molecule has 1 aliphatic heterocycles. The Morgan fingerprint density at radius 1 is 1.06 bits per heavy atom. The van der Waals surface area contributed by atoms with Gasteiger partial charge in [0.2, 0.25) is 5.91 Å². The lowest BCUT2D eigenvalue weighted by Crippen LogP contribution is -2.52. The monoisotopic (exact) mass is 441 g/mol. The highest BCUT2D eigenvalue weighted by molar-refractivity contribution is 6.30. The zero-order valence-corrected chi connectivity index (χ0v) is 18.2. The van der Waals surface area contributed by atoms with E-state index in [1.807, 2.05) is 37.2 Å². The van der Waals surface area contributed by atoms with E-state index in [4.69, 9.17) is 16.0 Å². The molecule has 1 fully saturated rings. The van der Waals surface area contributed by atoms with Crippen molar-refractivity contribution in [2.75, 3.05) is 46.8 Å². The predicted octanol–water partition coefficient (Wildman–Crippen LogP) is 2.63. The molecule has 0 atom stereocenters. The van der Waals surface area contributed by atoms with Gasteiger partial charge >= 0.3 is 0 Å². The first kappa shape index (κ1) is 21.1. The fourth-order valence-corrected chi connectivity index (χ4v) is 3.77. The van der Waals surface area contributed by atoms with E-state index in [-0.39, 0.29) is 11.8 Å². The van der Waals surface area contributed by atoms with Crippen molar-refractivity contribution >= 4 is 23.4 Å². The summed E-state index contributed by atoms with van der Waals surface area (Å²) in [7, 11) is 3.73. The molecule has 0 bridgehead atoms. The van der Waals surface area contributed by atoms with Crippen molar-refractivity contribution < 1.29 is 14.0 Å². The van der Waals surface area contributed by atoms with Crippen molar-refractivity contribution in [3.8, 4) is 17.1 Å². The van der Waals surface area contributed by atoms with Gasteiger partial charge in [0.05, 0.1) is 18.5 Å². The zero-order valence-electron chi connectivity index (χ0n) is 17.5. The number of hydrogen-bond donors (Lipinski definition) is 0. The minimum Gasteiger partial charge on any atom is -0.463 e. The number of likely N-dealkylation sites (N-methyl/N-ethyl adjacent to an activating group) is 1. The largest absolute Gasteiger partial charge is 0.463 e. The quantitative estimate of drug-likeness (QED) is 0.608. The summed E-state index contributed by atoms with van der Waals surface area (Å²) in [5.41, 5.74) is 1.71. The predicted molar refractivity (Wildman–Crippen MR) is 117 cm³/mol. The number of furan rings is 1. The van der Waals surface area contributed by atoms with Crippen LogP contribution in [0, 0.1) is 0 Å². The number of halogens is 1. The van der Waals surface area contributed by atoms with E-state index in [2.05, 4.69) is 5.10 Å². The van der Waals surface area contributed by atoms with Crippen molar-refractivity contribution in [1.82, 2.24) is 24.5 Å². The number of amides is 2. The molecule has 9 heteroatoms. The molecule has 3 aromatic rings. The summed E-state index contributed by atoms with van der Waals surface area (Å²) in [6.07, 6.45) is 1.58. The number of carbonyl (C=O) groups excluding carboxylic acids is 2. The van der Waals surface area contributed by atoms with Crippen molar-refractivity contribution in [3.05, 3.63) is 59.4 Å². The number of piperazine rings is 1. The molecule has 0 spiro atoms. The summed E-state index contributed by atoms with van der Waals surface area (Å²) >= 11 is 6.16. The number of rotatable bonds is 5. The maximum atomic E-state index is 13.2. The van der Waals surface area contributed by atoms with Crippen molar-refractivity contribution in [3.63, 3.8) is 0 Å². The maximum Gasteiger partial charge on any atom is 0.274 e. The summed E-state index contributed by atoms with van der Waals surface area (Å²) in [5.74, 6) is 0.501. The van der Waals surface area contributed by atoms with Crippen LogP contribution in [0.2, 0.25) is 5.02 Å². The first-order valence-electron chi connectivity index (χ1n) is 10.0. The van der Waals surface area contributed by atoms with E-state index in [0.29, 0.717) is 54.9 Å². The molecule has 0 radical (unpaired) electrons. The third-order valence-corrected chi connectivity index (χ3v) is 5.36. The van der Waals surface area contributed by atoms with Gasteiger partial charge in [0.1, 0.15) is 5.69 Å². The Morgan fingerprint density at radius 2 is 1.81 bits per heavy atom. The highest BCUT2D eigenvalue weighted by Crippen LogP contribution is 2.26. The van der Waals surface area contributed by atoms with E-state index >= 15 is 0 Å². The molecule has 2 aromatic heterocycles. The molecule has 31 heavy (non-hydrogen) atoms. The first-order chi connectivity index (χ1) is 14.9. The van der Waals surface area contributed by atoms with Gasteiger partial charge < -0.3 is 19.1 Å². The third kappa shape index (κ3) is 4.65. The van der Waals surface area contributed by atoms with Gasteiger partial charge in [-0.3, -0.25) is 9.59 Å². The van der Waals surface area contributed by atoms with Crippen molar-refractivity contribution in [2.24, 2.45) is 0 Å². The van der Waals surface area contributed by atoms with Gasteiger partial charge in [-0.2, -0.15) is 5.10 Å². The SMILES string of the molecule is CN(C)CC(=O)N1CCN(C(=O)c2cc(-c3ccco3)n(-c3cccc(Cl)c3)n2)CC1. The summed E-state index contributed by atoms with van der Waals surface area (Å²) in [4.78, 5) is 30.8. The fourth-order valence-electron chi connectivity index (χ4n) is 3.58. The van der Waals surface area contributed by atoms with E-state index in [1.54, 1.807) is 45.0 Å². The van der Waals surface area contributed by atoms with E-state index < -0.39 is 0 Å². The summed E-state index contributed by atoms with van der Waals surface area (Å²) in [6, 6.07) is 12.6. The first-order valence-corrected chi connectivity index (χ1v) is 10.4. The molecule has 0 N–H and O–H groups in total. The average Bonchev–Trinajstić information content (AvgIpc) is 3.43. The summed E-state index contributed by atoms with van der Waals surface area (Å²) < 4.78 is 7.22. The zero-order chi connectivity index (χ0) is 22.0. The minimum absolute atomic E-state index is 0.0717. The second-order valence-corrected chi connectivity index (χ2v) is 8.13. The normalized spacial score (nSPS) is 14.3. The van der Waals surface area contributed by atoms with E-state index in [9.17, 15) is 9.59 Å². The number of nitrogens with zero attached hydrogens (tertiary/aromatic N) is 5. The Bertz CT molecular complexity index is 1070. The molecule has 0 unspecified atom stereocenters. The summed E-state index contributed by atoms with van der Waals surface area (Å²) in [6.45, 7) is 2.33. The molecule has 1 aromatic carbocycles. The van der Waals surface area contributed by atoms with Crippen molar-refractivity contribution in [2.45, 2.75) is 0 Å². The molecule has 162 valence electrons. The molecule has 2 amide bonds. The smallest absolute Gasteiger partial charge is 0.274 e. The third-order valence-electron chi connectivity index (χ3n) is 5.13. The summed E-state index contributed by atoms with van der Waals surface area (Å²) in [5, 5.41) is 5.14. The van der Waals surface area contributed by atoms with Gasteiger partial charge in [0.15, 0.2) is 11.5 Å². The highest BCUT2D eigenvalue weighted by Gasteiger charge is 2.27. The van der Waals surface area contributed by atoms with Crippen LogP contribution in [0.5, 0.6) is 0 Å². The lowest BCUT2D eigenvalue weighted by Gasteiger charge is -2.34. The van der Waals surface area contributed by atoms with Gasteiger partial charge in [0.25, 0.3) is 5.91 Å². The maximum absolute atomic E-state index is 13.2. The average molecular weight is 442 g/mol. The van der Waals surface area contributed by atoms with Gasteiger partial charge in [-0.25, -0.2) is 4.68 Å². The topological polar surface area (TPSA) is 74.8 Å². The molecule has 1 aliphatic rings. The molecular weight excluding hydrogens is 418 g/mol. The Kier molecular flexibility index (Phi) is 6.11. The Balaban J connectivity index is 1.56. The van der Waals surface area contributed by atoms with Gasteiger partial charge in [-0.1, -0.05) is 17.7 Å². The van der Waals surface area contributed by atoms with Gasteiger partial charge in [0, 0.05) is 37.3 Å². The number of hydrogen-bond acceptors (Lipinski definition) is 5. The van der Waals surface area contributed by atoms with Crippen LogP contribution >= 0.6 is 11.6 Å². The van der Waals surface area contributed by atoms with Crippen LogP contribution in [0.4, 0.5) is 0 Å². The molecule has 1 saturated heterocycles. The van der Waals surface area contributed by atoms with Crippen LogP contribution in [0.15, 0.2) is 53.1 Å². The lowest BCUT2D eigenvalue weighted by molar-refractivity contribution is -0.133. The molecular formula is C22H24ClN5O3. The standard InChI is InChI=1S/C22H24ClN5O3/c1-25(2)15-21(29)26-8-10-27(11-9-26)22(30)18-14-19(20-7-4-12-31-20)28(24-18)17-6-3-5-16(23)13-17/h3-7,12-14H,8-11,15H2,1-2H3. The van der Waals surface area contributed by atoms with Crippen LogP contribution in [0.3, 0.4) is 0 Å². The van der Waals surface area contributed by atoms with Gasteiger partial charge in [-0.05, 0) is 44.4 Å². The Hall–Kier alpha value is -3.10. The molecule has 8 nitrogen and oxygen atoms in total. The van der Waals surface area contributed by atoms with Gasteiger partial charge in [-0.15, -0.1) is 0 Å². The van der Waals surface area contributed by atoms with Crippen LogP contribution < -0.4 is 0 Å². The lowest BCUT2D eigenvalue weighted by atomic mass is 10.2. The second kappa shape index (κ2) is 8.95. The van der Waals surface area contributed by atoms with Crippen molar-refractivity contribution in [1.29, 1.82) is 0 Å². The second-order valence-electron chi connectivity index (χ2n) is 7.69. The number of carbonyl (C=O) groups is 2. The molecule has 0 saturated carbocycles. The van der Waals surface area contributed by atoms with Crippen LogP contribution in [0.25, 0.3) is 17.1 Å².